The molecule has 1 aromatic rings. The lowest BCUT2D eigenvalue weighted by atomic mass is 10.1. The van der Waals surface area contributed by atoms with E-state index in [1.165, 1.54) is 10.5 Å². The van der Waals surface area contributed by atoms with Crippen LogP contribution < -0.4 is 5.32 Å². The van der Waals surface area contributed by atoms with Gasteiger partial charge in [0.25, 0.3) is 10.0 Å². The molecule has 0 aliphatic rings. The molecule has 0 fully saturated rings. The van der Waals surface area contributed by atoms with Crippen molar-refractivity contribution in [3.8, 4) is 0 Å². The molecule has 0 aliphatic carbocycles. The van der Waals surface area contributed by atoms with Crippen LogP contribution in [-0.4, -0.2) is 37.3 Å². The first-order valence-electron chi connectivity index (χ1n) is 6.49. The lowest BCUT2D eigenvalue weighted by molar-refractivity contribution is 0.315. The second-order valence-electron chi connectivity index (χ2n) is 4.89. The summed E-state index contributed by atoms with van der Waals surface area (Å²) in [5.41, 5.74) is 0.549. The molecule has 1 atom stereocenters. The summed E-state index contributed by atoms with van der Waals surface area (Å²) in [5.74, 6) is 0.242. The van der Waals surface area contributed by atoms with Crippen molar-refractivity contribution < 1.29 is 8.42 Å². The minimum Gasteiger partial charge on any atom is -0.383 e. The fourth-order valence-corrected chi connectivity index (χ4v) is 3.26. The molecule has 108 valence electrons. The zero-order chi connectivity index (χ0) is 14.6. The summed E-state index contributed by atoms with van der Waals surface area (Å²) in [6, 6.07) is 3.38. The first-order chi connectivity index (χ1) is 8.82. The van der Waals surface area contributed by atoms with Gasteiger partial charge in [-0.05, 0) is 31.9 Å². The molecule has 0 aromatic carbocycles. The van der Waals surface area contributed by atoms with Gasteiger partial charge in [-0.15, -0.1) is 0 Å². The van der Waals surface area contributed by atoms with Gasteiger partial charge in [-0.1, -0.05) is 13.8 Å². The van der Waals surface area contributed by atoms with Crippen molar-refractivity contribution in [3.05, 3.63) is 18.3 Å². The molecule has 0 spiro atoms. The predicted molar refractivity (Wildman–Crippen MR) is 77.6 cm³/mol. The van der Waals surface area contributed by atoms with Gasteiger partial charge in [0.15, 0.2) is 5.03 Å². The van der Waals surface area contributed by atoms with Gasteiger partial charge in [0.1, 0.15) is 0 Å². The van der Waals surface area contributed by atoms with Gasteiger partial charge in [0, 0.05) is 25.8 Å². The molecule has 0 bridgehead atoms. The van der Waals surface area contributed by atoms with Gasteiger partial charge in [-0.3, -0.25) is 0 Å². The minimum absolute atomic E-state index is 0.0820. The molecular formula is C13H23N3O2S. The highest BCUT2D eigenvalue weighted by molar-refractivity contribution is 7.89. The van der Waals surface area contributed by atoms with E-state index in [1.807, 2.05) is 27.7 Å². The Bertz CT molecular complexity index is 514. The smallest absolute Gasteiger partial charge is 0.262 e. The van der Waals surface area contributed by atoms with Crippen molar-refractivity contribution in [1.82, 2.24) is 9.29 Å². The van der Waals surface area contributed by atoms with Crippen molar-refractivity contribution >= 4 is 15.7 Å². The van der Waals surface area contributed by atoms with E-state index in [-0.39, 0.29) is 17.0 Å². The summed E-state index contributed by atoms with van der Waals surface area (Å²) in [6.07, 6.45) is 1.50. The van der Waals surface area contributed by atoms with Gasteiger partial charge >= 0.3 is 0 Å². The van der Waals surface area contributed by atoms with Gasteiger partial charge in [-0.2, -0.15) is 4.31 Å². The lowest BCUT2D eigenvalue weighted by Gasteiger charge is -2.27. The van der Waals surface area contributed by atoms with Crippen LogP contribution in [0, 0.1) is 5.92 Å². The molecule has 0 saturated carbocycles. The first-order valence-corrected chi connectivity index (χ1v) is 7.93. The van der Waals surface area contributed by atoms with Gasteiger partial charge in [0.05, 0.1) is 5.69 Å². The van der Waals surface area contributed by atoms with Crippen molar-refractivity contribution in [2.24, 2.45) is 5.92 Å². The molecule has 1 rings (SSSR count). The molecule has 1 unspecified atom stereocenters. The quantitative estimate of drug-likeness (QED) is 0.870. The van der Waals surface area contributed by atoms with E-state index >= 15 is 0 Å². The fraction of sp³-hybridized carbons (Fsp3) is 0.615. The number of sulfonamides is 1. The Morgan fingerprint density at radius 1 is 1.37 bits per heavy atom. The standard InChI is InChI=1S/C13H23N3O2S/c1-6-14-12-8-7-9-15-13(12)19(17,18)16(5)11(4)10(2)3/h7-11,14H,6H2,1-5H3. The van der Waals surface area contributed by atoms with Crippen molar-refractivity contribution in [3.63, 3.8) is 0 Å². The molecule has 0 radical (unpaired) electrons. The number of nitrogens with one attached hydrogen (secondary N) is 1. The summed E-state index contributed by atoms with van der Waals surface area (Å²) in [5, 5.41) is 3.13. The summed E-state index contributed by atoms with van der Waals surface area (Å²) in [7, 11) is -1.97. The van der Waals surface area contributed by atoms with Crippen LogP contribution in [0.4, 0.5) is 5.69 Å². The van der Waals surface area contributed by atoms with E-state index in [1.54, 1.807) is 19.2 Å². The van der Waals surface area contributed by atoms with E-state index in [2.05, 4.69) is 10.3 Å². The molecule has 1 heterocycles. The van der Waals surface area contributed by atoms with E-state index < -0.39 is 10.0 Å². The Balaban J connectivity index is 3.20. The van der Waals surface area contributed by atoms with E-state index in [4.69, 9.17) is 0 Å². The molecule has 0 saturated heterocycles. The van der Waals surface area contributed by atoms with Crippen LogP contribution >= 0.6 is 0 Å². The molecule has 5 nitrogen and oxygen atoms in total. The Labute approximate surface area is 116 Å². The SMILES string of the molecule is CCNc1cccnc1S(=O)(=O)N(C)C(C)C(C)C. The second kappa shape index (κ2) is 6.34. The number of pyridine rings is 1. The summed E-state index contributed by atoms with van der Waals surface area (Å²) in [4.78, 5) is 4.04. The van der Waals surface area contributed by atoms with E-state index in [0.717, 1.165) is 0 Å². The molecule has 6 heteroatoms. The molecule has 0 aliphatic heterocycles. The highest BCUT2D eigenvalue weighted by atomic mass is 32.2. The third-order valence-electron chi connectivity index (χ3n) is 3.30. The maximum Gasteiger partial charge on any atom is 0.262 e. The normalized spacial score (nSPS) is 13.8. The van der Waals surface area contributed by atoms with Crippen molar-refractivity contribution in [2.75, 3.05) is 18.9 Å². The first kappa shape index (κ1) is 15.9. The Hall–Kier alpha value is -1.14. The zero-order valence-electron chi connectivity index (χ0n) is 12.2. The van der Waals surface area contributed by atoms with Crippen LogP contribution in [0.3, 0.4) is 0 Å². The van der Waals surface area contributed by atoms with Gasteiger partial charge in [-0.25, -0.2) is 13.4 Å². The lowest BCUT2D eigenvalue weighted by Crippen LogP contribution is -2.38. The molecule has 0 amide bonds. The third kappa shape index (κ3) is 3.45. The Morgan fingerprint density at radius 3 is 2.53 bits per heavy atom. The maximum atomic E-state index is 12.6. The maximum absolute atomic E-state index is 12.6. The second-order valence-corrected chi connectivity index (χ2v) is 6.81. The third-order valence-corrected chi connectivity index (χ3v) is 5.20. The summed E-state index contributed by atoms with van der Waals surface area (Å²) >= 11 is 0. The largest absolute Gasteiger partial charge is 0.383 e. The van der Waals surface area contributed by atoms with Crippen molar-refractivity contribution in [2.45, 2.75) is 38.8 Å². The van der Waals surface area contributed by atoms with Crippen LogP contribution in [-0.2, 0) is 10.0 Å². The summed E-state index contributed by atoms with van der Waals surface area (Å²) < 4.78 is 26.6. The number of rotatable bonds is 6. The van der Waals surface area contributed by atoms with Gasteiger partial charge in [0.2, 0.25) is 0 Å². The topological polar surface area (TPSA) is 62.3 Å². The average Bonchev–Trinajstić information content (AvgIpc) is 2.37. The van der Waals surface area contributed by atoms with Crippen LogP contribution in [0.1, 0.15) is 27.7 Å². The molecular weight excluding hydrogens is 262 g/mol. The van der Waals surface area contributed by atoms with Crippen LogP contribution in [0.5, 0.6) is 0 Å². The number of aromatic nitrogens is 1. The van der Waals surface area contributed by atoms with E-state index in [0.29, 0.717) is 12.2 Å². The molecule has 1 N–H and O–H groups in total. The fourth-order valence-electron chi connectivity index (χ4n) is 1.70. The van der Waals surface area contributed by atoms with Crippen LogP contribution in [0.25, 0.3) is 0 Å². The average molecular weight is 285 g/mol. The highest BCUT2D eigenvalue weighted by Gasteiger charge is 2.30. The predicted octanol–water partition coefficient (Wildman–Crippen LogP) is 2.18. The van der Waals surface area contributed by atoms with Gasteiger partial charge < -0.3 is 5.32 Å². The monoisotopic (exact) mass is 285 g/mol. The zero-order valence-corrected chi connectivity index (χ0v) is 13.0. The minimum atomic E-state index is -3.58. The number of nitrogens with zero attached hydrogens (tertiary/aromatic N) is 2. The van der Waals surface area contributed by atoms with E-state index in [9.17, 15) is 8.42 Å². The molecule has 1 aromatic heterocycles. The summed E-state index contributed by atoms with van der Waals surface area (Å²) in [6.45, 7) is 8.47. The van der Waals surface area contributed by atoms with Crippen LogP contribution in [0.2, 0.25) is 0 Å². The number of anilines is 1. The van der Waals surface area contributed by atoms with Crippen LogP contribution in [0.15, 0.2) is 23.4 Å². The Kier molecular flexibility index (Phi) is 5.31. The Morgan fingerprint density at radius 2 is 2.00 bits per heavy atom. The molecule has 19 heavy (non-hydrogen) atoms. The van der Waals surface area contributed by atoms with Crippen molar-refractivity contribution in [1.29, 1.82) is 0 Å². The number of hydrogen-bond acceptors (Lipinski definition) is 4. The number of hydrogen-bond donors (Lipinski definition) is 1. The highest BCUT2D eigenvalue weighted by Crippen LogP contribution is 2.24.